The second kappa shape index (κ2) is 7.31. The van der Waals surface area contributed by atoms with E-state index in [1.165, 1.54) is 0 Å². The molecule has 0 bridgehead atoms. The number of imidazole rings is 1. The molecule has 0 aliphatic carbocycles. The van der Waals surface area contributed by atoms with Crippen LogP contribution in [0, 0.1) is 6.92 Å². The first-order valence-corrected chi connectivity index (χ1v) is 10.9. The molecular weight excluding hydrogens is 396 g/mol. The number of para-hydroxylation sites is 3. The fourth-order valence-electron chi connectivity index (χ4n) is 4.80. The van der Waals surface area contributed by atoms with Crippen LogP contribution in [0.2, 0.25) is 0 Å². The van der Waals surface area contributed by atoms with Crippen LogP contribution >= 0.6 is 0 Å². The van der Waals surface area contributed by atoms with Gasteiger partial charge in [0.15, 0.2) is 0 Å². The minimum Gasteiger partial charge on any atom is -0.308 e. The third-order valence-electron chi connectivity index (χ3n) is 6.31. The molecule has 0 unspecified atom stereocenters. The quantitative estimate of drug-likeness (QED) is 0.407. The number of carbonyl (C=O) groups excluding carboxylic acids is 1. The maximum Gasteiger partial charge on any atom is 0.233 e. The Kier molecular flexibility index (Phi) is 4.28. The normalized spacial score (nSPS) is 13.1. The topological polar surface area (TPSA) is 51.0 Å². The van der Waals surface area contributed by atoms with E-state index in [1.807, 2.05) is 66.4 Å². The van der Waals surface area contributed by atoms with Crippen molar-refractivity contribution in [1.82, 2.24) is 14.5 Å². The molecule has 3 heterocycles. The molecule has 0 saturated carbocycles. The number of carbonyl (C=O) groups is 1. The Morgan fingerprint density at radius 3 is 2.41 bits per heavy atom. The minimum atomic E-state index is 0.0522. The van der Waals surface area contributed by atoms with Crippen LogP contribution in [0.15, 0.2) is 78.9 Å². The predicted molar refractivity (Wildman–Crippen MR) is 128 cm³/mol. The number of aryl methyl sites for hydroxylation is 1. The highest BCUT2D eigenvalue weighted by molar-refractivity contribution is 6.01. The summed E-state index contributed by atoms with van der Waals surface area (Å²) in [7, 11) is 0. The van der Waals surface area contributed by atoms with E-state index in [9.17, 15) is 4.79 Å². The number of benzene rings is 3. The van der Waals surface area contributed by atoms with Gasteiger partial charge >= 0.3 is 0 Å². The molecule has 0 radical (unpaired) electrons. The van der Waals surface area contributed by atoms with Gasteiger partial charge in [-0.15, -0.1) is 0 Å². The van der Waals surface area contributed by atoms with Crippen molar-refractivity contribution in [3.05, 3.63) is 90.1 Å². The summed E-state index contributed by atoms with van der Waals surface area (Å²) in [6, 6.07) is 26.5. The highest BCUT2D eigenvalue weighted by Gasteiger charge is 2.29. The number of rotatable bonds is 3. The Bertz CT molecular complexity index is 1490. The van der Waals surface area contributed by atoms with Crippen LogP contribution in [-0.4, -0.2) is 27.0 Å². The lowest BCUT2D eigenvalue weighted by molar-refractivity contribution is -0.117. The van der Waals surface area contributed by atoms with Crippen LogP contribution in [-0.2, 0) is 17.8 Å². The summed E-state index contributed by atoms with van der Waals surface area (Å²) in [5.74, 6) is 0.792. The molecule has 0 atom stereocenters. The van der Waals surface area contributed by atoms with E-state index in [-0.39, 0.29) is 12.3 Å². The van der Waals surface area contributed by atoms with Crippen molar-refractivity contribution in [2.75, 3.05) is 11.4 Å². The summed E-state index contributed by atoms with van der Waals surface area (Å²) in [6.07, 6.45) is 0.289. The molecule has 0 saturated heterocycles. The Balaban J connectivity index is 1.45. The molecule has 1 aliphatic rings. The Morgan fingerprint density at radius 1 is 0.844 bits per heavy atom. The highest BCUT2D eigenvalue weighted by atomic mass is 16.2. The summed E-state index contributed by atoms with van der Waals surface area (Å²) in [5.41, 5.74) is 7.02. The molecule has 0 spiro atoms. The molecule has 1 aliphatic heterocycles. The largest absolute Gasteiger partial charge is 0.308 e. The molecule has 156 valence electrons. The number of amides is 1. The summed E-state index contributed by atoms with van der Waals surface area (Å²) in [6.45, 7) is 3.41. The molecule has 6 rings (SSSR count). The van der Waals surface area contributed by atoms with Gasteiger partial charge < -0.3 is 4.57 Å². The van der Waals surface area contributed by atoms with Gasteiger partial charge in [0.2, 0.25) is 11.9 Å². The molecule has 5 aromatic rings. The van der Waals surface area contributed by atoms with E-state index in [0.29, 0.717) is 6.54 Å². The summed E-state index contributed by atoms with van der Waals surface area (Å²) in [5, 5.41) is 1.07. The Morgan fingerprint density at radius 2 is 1.56 bits per heavy atom. The van der Waals surface area contributed by atoms with E-state index in [2.05, 4.69) is 28.8 Å². The predicted octanol–water partition coefficient (Wildman–Crippen LogP) is 5.15. The van der Waals surface area contributed by atoms with Crippen LogP contribution in [0.1, 0.15) is 11.3 Å². The van der Waals surface area contributed by atoms with Crippen molar-refractivity contribution < 1.29 is 4.79 Å². The Hall–Kier alpha value is -3.99. The van der Waals surface area contributed by atoms with E-state index < -0.39 is 0 Å². The van der Waals surface area contributed by atoms with Crippen LogP contribution in [0.3, 0.4) is 0 Å². The zero-order valence-electron chi connectivity index (χ0n) is 17.8. The zero-order valence-corrected chi connectivity index (χ0v) is 17.8. The molecule has 0 N–H and O–H groups in total. The van der Waals surface area contributed by atoms with Crippen molar-refractivity contribution in [1.29, 1.82) is 0 Å². The number of pyridine rings is 1. The first-order valence-electron chi connectivity index (χ1n) is 10.9. The van der Waals surface area contributed by atoms with Gasteiger partial charge in [-0.2, -0.15) is 0 Å². The molecule has 5 nitrogen and oxygen atoms in total. The van der Waals surface area contributed by atoms with Gasteiger partial charge in [-0.3, -0.25) is 14.7 Å². The molecule has 3 aromatic carbocycles. The third kappa shape index (κ3) is 2.89. The highest BCUT2D eigenvalue weighted by Crippen LogP contribution is 2.34. The standard InChI is InChI=1S/C27H22N4O/c1-18-21(26(19-9-3-2-4-10-19)20-11-5-6-12-22(20)28-18)17-25(32)31-16-15-30-24-14-8-7-13-23(24)29-27(30)31/h2-14H,15-17H2,1H3. The lowest BCUT2D eigenvalue weighted by Gasteiger charge is -2.19. The average molecular weight is 419 g/mol. The van der Waals surface area contributed by atoms with Crippen molar-refractivity contribution in [3.63, 3.8) is 0 Å². The lowest BCUT2D eigenvalue weighted by Crippen LogP contribution is -2.31. The van der Waals surface area contributed by atoms with Crippen LogP contribution in [0.4, 0.5) is 5.95 Å². The SMILES string of the molecule is Cc1nc2ccccc2c(-c2ccccc2)c1CC(=O)N1CCn2c1nc1ccccc12. The second-order valence-corrected chi connectivity index (χ2v) is 8.21. The van der Waals surface area contributed by atoms with Gasteiger partial charge in [0.25, 0.3) is 0 Å². The van der Waals surface area contributed by atoms with Crippen molar-refractivity contribution in [2.45, 2.75) is 19.9 Å². The minimum absolute atomic E-state index is 0.0522. The van der Waals surface area contributed by atoms with Gasteiger partial charge in [-0.25, -0.2) is 4.98 Å². The van der Waals surface area contributed by atoms with Crippen LogP contribution in [0.25, 0.3) is 33.1 Å². The second-order valence-electron chi connectivity index (χ2n) is 8.21. The van der Waals surface area contributed by atoms with Gasteiger partial charge in [0, 0.05) is 24.2 Å². The van der Waals surface area contributed by atoms with Crippen molar-refractivity contribution in [2.24, 2.45) is 0 Å². The van der Waals surface area contributed by atoms with E-state index in [4.69, 9.17) is 9.97 Å². The van der Waals surface area contributed by atoms with Crippen LogP contribution in [0.5, 0.6) is 0 Å². The fraction of sp³-hybridized carbons (Fsp3) is 0.148. The molecular formula is C27H22N4O. The zero-order chi connectivity index (χ0) is 21.7. The molecule has 1 amide bonds. The summed E-state index contributed by atoms with van der Waals surface area (Å²) < 4.78 is 2.14. The number of hydrogen-bond donors (Lipinski definition) is 0. The van der Waals surface area contributed by atoms with Gasteiger partial charge in [-0.1, -0.05) is 60.7 Å². The Labute approximate surface area is 186 Å². The van der Waals surface area contributed by atoms with Gasteiger partial charge in [0.05, 0.1) is 23.0 Å². The number of fused-ring (bicyclic) bond motifs is 4. The number of anilines is 1. The van der Waals surface area contributed by atoms with Gasteiger partial charge in [0.1, 0.15) is 0 Å². The fourth-order valence-corrected chi connectivity index (χ4v) is 4.80. The third-order valence-corrected chi connectivity index (χ3v) is 6.31. The number of nitrogens with zero attached hydrogens (tertiary/aromatic N) is 4. The van der Waals surface area contributed by atoms with E-state index >= 15 is 0 Å². The molecule has 5 heteroatoms. The van der Waals surface area contributed by atoms with Crippen molar-refractivity contribution >= 4 is 33.8 Å². The lowest BCUT2D eigenvalue weighted by atomic mass is 9.92. The van der Waals surface area contributed by atoms with Crippen molar-refractivity contribution in [3.8, 4) is 11.1 Å². The van der Waals surface area contributed by atoms with E-state index in [1.54, 1.807) is 0 Å². The average Bonchev–Trinajstić information content (AvgIpc) is 3.39. The smallest absolute Gasteiger partial charge is 0.233 e. The molecule has 0 fully saturated rings. The van der Waals surface area contributed by atoms with Crippen LogP contribution < -0.4 is 4.90 Å². The monoisotopic (exact) mass is 418 g/mol. The first kappa shape index (κ1) is 18.8. The molecule has 2 aromatic heterocycles. The van der Waals surface area contributed by atoms with E-state index in [0.717, 1.165) is 56.8 Å². The summed E-state index contributed by atoms with van der Waals surface area (Å²) >= 11 is 0. The molecule has 32 heavy (non-hydrogen) atoms. The maximum atomic E-state index is 13.6. The maximum absolute atomic E-state index is 13.6. The first-order chi connectivity index (χ1) is 15.7. The number of hydrogen-bond acceptors (Lipinski definition) is 3. The van der Waals surface area contributed by atoms with Gasteiger partial charge in [-0.05, 0) is 41.8 Å². The number of aromatic nitrogens is 3. The summed E-state index contributed by atoms with van der Waals surface area (Å²) in [4.78, 5) is 25.0.